The number of nitrogens with one attached hydrogen (secondary N) is 3. The van der Waals surface area contributed by atoms with Crippen LogP contribution in [0, 0.1) is 17.8 Å². The van der Waals surface area contributed by atoms with Gasteiger partial charge in [0.05, 0.1) is 12.3 Å². The molecule has 0 unspecified atom stereocenters. The Morgan fingerprint density at radius 2 is 1.93 bits per heavy atom. The zero-order valence-corrected chi connectivity index (χ0v) is 24.7. The maximum absolute atomic E-state index is 13.3. The zero-order valence-electron chi connectivity index (χ0n) is 24.7. The lowest BCUT2D eigenvalue weighted by Gasteiger charge is -2.28. The highest BCUT2D eigenvalue weighted by Crippen LogP contribution is 2.29. The van der Waals surface area contributed by atoms with Crippen LogP contribution in [-0.2, 0) is 16.1 Å². The van der Waals surface area contributed by atoms with Gasteiger partial charge in [-0.25, -0.2) is 9.97 Å². The fourth-order valence-electron chi connectivity index (χ4n) is 5.45. The van der Waals surface area contributed by atoms with Crippen LogP contribution in [0.3, 0.4) is 0 Å². The van der Waals surface area contributed by atoms with E-state index in [0.717, 1.165) is 59.8 Å². The molecule has 2 heterocycles. The molecule has 1 aliphatic carbocycles. The molecule has 9 heteroatoms. The van der Waals surface area contributed by atoms with Gasteiger partial charge in [0.1, 0.15) is 5.75 Å². The second kappa shape index (κ2) is 14.5. The number of likely N-dealkylation sites (N-methyl/N-ethyl adjacent to an activating group) is 1. The molecule has 2 amide bonds. The summed E-state index contributed by atoms with van der Waals surface area (Å²) >= 11 is 0. The Labute approximate surface area is 253 Å². The van der Waals surface area contributed by atoms with Gasteiger partial charge in [0.2, 0.25) is 11.9 Å². The maximum Gasteiger partial charge on any atom is 0.296 e. The van der Waals surface area contributed by atoms with Crippen LogP contribution >= 0.6 is 0 Å². The number of ether oxygens (including phenoxy) is 1. The van der Waals surface area contributed by atoms with Gasteiger partial charge in [0, 0.05) is 48.2 Å². The smallest absolute Gasteiger partial charge is 0.296 e. The molecular formula is C34H38N6O3. The van der Waals surface area contributed by atoms with E-state index in [1.807, 2.05) is 42.5 Å². The SMILES string of the molecule is CC#CC(=O)NC1CCC(C(=O)Nc2cc3cc(c2)Nc2nccc(n2)-c2cccc(c2)OCC/C=C/CN(C)C3)CC1. The standard InChI is InChI=1S/C34H38N6O3/c1-3-8-32(41)36-27-13-11-25(12-14-27)33(42)37-28-19-24-20-29(22-28)38-34-35-16-15-31(39-34)26-9-7-10-30(21-26)43-18-6-4-5-17-40(2)23-24/h4-5,7,9-10,15-16,19-22,25,27H,6,11-14,17-18,23H2,1-2H3,(H,36,41)(H,37,42)(H,35,38,39)/b5-4+. The van der Waals surface area contributed by atoms with Gasteiger partial charge in [-0.2, -0.15) is 0 Å². The summed E-state index contributed by atoms with van der Waals surface area (Å²) in [4.78, 5) is 36.6. The van der Waals surface area contributed by atoms with E-state index in [9.17, 15) is 9.59 Å². The average Bonchev–Trinajstić information content (AvgIpc) is 2.99. The first-order valence-electron chi connectivity index (χ1n) is 14.8. The van der Waals surface area contributed by atoms with Crippen LogP contribution < -0.4 is 20.7 Å². The summed E-state index contributed by atoms with van der Waals surface area (Å²) in [5.74, 6) is 6.03. The fraction of sp³-hybridized carbons (Fsp3) is 0.353. The van der Waals surface area contributed by atoms with E-state index in [2.05, 4.69) is 62.9 Å². The third-order valence-corrected chi connectivity index (χ3v) is 7.56. The Morgan fingerprint density at radius 3 is 2.77 bits per heavy atom. The lowest BCUT2D eigenvalue weighted by atomic mass is 9.85. The Kier molecular flexibility index (Phi) is 10.0. The number of nitrogens with zero attached hydrogens (tertiary/aromatic N) is 3. The van der Waals surface area contributed by atoms with Gasteiger partial charge < -0.3 is 20.7 Å². The van der Waals surface area contributed by atoms with Crippen molar-refractivity contribution in [2.75, 3.05) is 30.8 Å². The van der Waals surface area contributed by atoms with Crippen molar-refractivity contribution in [3.63, 3.8) is 0 Å². The first kappa shape index (κ1) is 29.8. The highest BCUT2D eigenvalue weighted by Gasteiger charge is 2.27. The Balaban J connectivity index is 1.35. The normalized spacial score (nSPS) is 19.6. The van der Waals surface area contributed by atoms with E-state index >= 15 is 0 Å². The number of carbonyl (C=O) groups excluding carboxylic acids is 2. The number of rotatable bonds is 3. The van der Waals surface area contributed by atoms with Crippen LogP contribution in [0.4, 0.5) is 17.3 Å². The summed E-state index contributed by atoms with van der Waals surface area (Å²) in [5.41, 5.74) is 4.28. The maximum atomic E-state index is 13.3. The second-order valence-electron chi connectivity index (χ2n) is 11.0. The van der Waals surface area contributed by atoms with Crippen molar-refractivity contribution in [2.45, 2.75) is 51.6 Å². The number of anilines is 3. The summed E-state index contributed by atoms with van der Waals surface area (Å²) in [6, 6.07) is 15.8. The van der Waals surface area contributed by atoms with E-state index in [1.165, 1.54) is 0 Å². The Morgan fingerprint density at radius 1 is 1.07 bits per heavy atom. The number of carbonyl (C=O) groups is 2. The van der Waals surface area contributed by atoms with E-state index in [-0.39, 0.29) is 23.8 Å². The molecule has 2 aliphatic rings. The molecule has 1 aliphatic heterocycles. The molecule has 1 fully saturated rings. The first-order chi connectivity index (χ1) is 20.9. The molecule has 6 bridgehead atoms. The molecule has 1 saturated carbocycles. The number of hydrogen-bond donors (Lipinski definition) is 3. The Bertz CT molecular complexity index is 1530. The quantitative estimate of drug-likeness (QED) is 0.286. The van der Waals surface area contributed by atoms with Crippen molar-refractivity contribution in [2.24, 2.45) is 5.92 Å². The van der Waals surface area contributed by atoms with Gasteiger partial charge in [-0.1, -0.05) is 30.2 Å². The van der Waals surface area contributed by atoms with Crippen LogP contribution in [0.25, 0.3) is 11.3 Å². The molecule has 2 aromatic carbocycles. The highest BCUT2D eigenvalue weighted by molar-refractivity contribution is 5.94. The van der Waals surface area contributed by atoms with E-state index in [4.69, 9.17) is 9.72 Å². The monoisotopic (exact) mass is 578 g/mol. The molecule has 0 radical (unpaired) electrons. The number of hydrogen-bond acceptors (Lipinski definition) is 7. The molecule has 1 aromatic heterocycles. The molecule has 0 saturated heterocycles. The summed E-state index contributed by atoms with van der Waals surface area (Å²) < 4.78 is 5.96. The number of benzene rings is 2. The predicted molar refractivity (Wildman–Crippen MR) is 169 cm³/mol. The molecule has 3 aromatic rings. The molecule has 9 nitrogen and oxygen atoms in total. The molecule has 0 spiro atoms. The van der Waals surface area contributed by atoms with Crippen LogP contribution in [0.2, 0.25) is 0 Å². The minimum Gasteiger partial charge on any atom is -0.493 e. The average molecular weight is 579 g/mol. The van der Waals surface area contributed by atoms with E-state index < -0.39 is 0 Å². The largest absolute Gasteiger partial charge is 0.493 e. The van der Waals surface area contributed by atoms with Crippen molar-refractivity contribution in [1.82, 2.24) is 20.2 Å². The predicted octanol–water partition coefficient (Wildman–Crippen LogP) is 5.29. The number of amides is 2. The van der Waals surface area contributed by atoms with Crippen molar-refractivity contribution < 1.29 is 14.3 Å². The second-order valence-corrected chi connectivity index (χ2v) is 11.0. The van der Waals surface area contributed by atoms with Crippen molar-refractivity contribution in [1.29, 1.82) is 0 Å². The van der Waals surface area contributed by atoms with Gasteiger partial charge in [-0.05, 0) is 94.0 Å². The lowest BCUT2D eigenvalue weighted by Crippen LogP contribution is -2.39. The molecular weight excluding hydrogens is 540 g/mol. The molecule has 43 heavy (non-hydrogen) atoms. The van der Waals surface area contributed by atoms with Gasteiger partial charge in [-0.3, -0.25) is 14.5 Å². The van der Waals surface area contributed by atoms with Gasteiger partial charge in [0.25, 0.3) is 5.91 Å². The topological polar surface area (TPSA) is 108 Å². The van der Waals surface area contributed by atoms with Gasteiger partial charge in [-0.15, -0.1) is 0 Å². The fourth-order valence-corrected chi connectivity index (χ4v) is 5.45. The summed E-state index contributed by atoms with van der Waals surface area (Å²) in [7, 11) is 2.07. The highest BCUT2D eigenvalue weighted by atomic mass is 16.5. The van der Waals surface area contributed by atoms with Gasteiger partial charge >= 0.3 is 0 Å². The molecule has 5 rings (SSSR count). The van der Waals surface area contributed by atoms with Crippen LogP contribution in [0.5, 0.6) is 5.75 Å². The molecule has 3 N–H and O–H groups in total. The van der Waals surface area contributed by atoms with Crippen LogP contribution in [0.1, 0.15) is 44.6 Å². The summed E-state index contributed by atoms with van der Waals surface area (Å²) in [6.45, 7) is 3.71. The first-order valence-corrected chi connectivity index (χ1v) is 14.8. The molecule has 222 valence electrons. The number of fused-ring (bicyclic) bond motifs is 7. The molecule has 0 atom stereocenters. The Hall–Kier alpha value is -4.68. The summed E-state index contributed by atoms with van der Waals surface area (Å²) in [6.07, 6.45) is 9.76. The summed E-state index contributed by atoms with van der Waals surface area (Å²) in [5, 5.41) is 9.45. The third kappa shape index (κ3) is 8.66. The van der Waals surface area contributed by atoms with Crippen molar-refractivity contribution >= 4 is 29.1 Å². The van der Waals surface area contributed by atoms with E-state index in [1.54, 1.807) is 13.1 Å². The minimum atomic E-state index is -0.257. The number of aromatic nitrogens is 2. The third-order valence-electron chi connectivity index (χ3n) is 7.56. The van der Waals surface area contributed by atoms with Crippen molar-refractivity contribution in [3.05, 3.63) is 72.4 Å². The van der Waals surface area contributed by atoms with Crippen LogP contribution in [-0.4, -0.2) is 52.9 Å². The van der Waals surface area contributed by atoms with Crippen LogP contribution in [0.15, 0.2) is 66.9 Å². The lowest BCUT2D eigenvalue weighted by molar-refractivity contribution is -0.121. The van der Waals surface area contributed by atoms with Gasteiger partial charge in [0.15, 0.2) is 0 Å². The zero-order chi connectivity index (χ0) is 30.0. The minimum absolute atomic E-state index is 0.00711. The van der Waals surface area contributed by atoms with Crippen molar-refractivity contribution in [3.8, 4) is 28.8 Å². The van der Waals surface area contributed by atoms with E-state index in [0.29, 0.717) is 31.9 Å².